The van der Waals surface area contributed by atoms with Gasteiger partial charge in [0.15, 0.2) is 11.5 Å². The average molecular weight is 358 g/mol. The van der Waals surface area contributed by atoms with E-state index in [9.17, 15) is 13.6 Å². The van der Waals surface area contributed by atoms with Gasteiger partial charge in [-0.15, -0.1) is 8.78 Å². The van der Waals surface area contributed by atoms with Crippen LogP contribution in [0.5, 0.6) is 11.5 Å². The second kappa shape index (κ2) is 5.52. The number of alkyl halides is 2. The molecule has 2 heterocycles. The van der Waals surface area contributed by atoms with Crippen molar-refractivity contribution in [2.45, 2.75) is 33.0 Å². The molecule has 0 saturated heterocycles. The maximum Gasteiger partial charge on any atom is 0.586 e. The van der Waals surface area contributed by atoms with Crippen molar-refractivity contribution in [2.75, 3.05) is 0 Å². The van der Waals surface area contributed by atoms with E-state index in [1.165, 1.54) is 12.1 Å². The molecule has 1 N–H and O–H groups in total. The summed E-state index contributed by atoms with van der Waals surface area (Å²) in [6.45, 7) is 5.76. The highest BCUT2D eigenvalue weighted by Crippen LogP contribution is 2.44. The minimum absolute atomic E-state index is 0.0132. The topological polar surface area (TPSA) is 64.2 Å². The summed E-state index contributed by atoms with van der Waals surface area (Å²) in [5.41, 5.74) is 2.75. The molecule has 0 aliphatic carbocycles. The van der Waals surface area contributed by atoms with E-state index in [1.54, 1.807) is 19.1 Å². The van der Waals surface area contributed by atoms with E-state index in [4.69, 9.17) is 0 Å². The van der Waals surface area contributed by atoms with Gasteiger partial charge < -0.3 is 14.5 Å². The molecule has 0 fully saturated rings. The van der Waals surface area contributed by atoms with Crippen LogP contribution in [0.2, 0.25) is 0 Å². The molecule has 1 aliphatic heterocycles. The number of nitrogens with zero attached hydrogens (tertiary/aromatic N) is 1. The molecule has 7 heteroatoms. The van der Waals surface area contributed by atoms with Gasteiger partial charge in [-0.1, -0.05) is 19.9 Å². The first kappa shape index (κ1) is 16.5. The number of hydrogen-bond donors (Lipinski definition) is 1. The van der Waals surface area contributed by atoms with Crippen LogP contribution in [-0.2, 0) is 0 Å². The fourth-order valence-electron chi connectivity index (χ4n) is 3.16. The first-order valence-electron chi connectivity index (χ1n) is 8.18. The van der Waals surface area contributed by atoms with Crippen LogP contribution in [0.1, 0.15) is 31.2 Å². The van der Waals surface area contributed by atoms with Gasteiger partial charge in [-0.3, -0.25) is 4.79 Å². The van der Waals surface area contributed by atoms with Crippen molar-refractivity contribution in [1.29, 1.82) is 0 Å². The zero-order valence-corrected chi connectivity index (χ0v) is 14.4. The Balaban J connectivity index is 1.94. The second-order valence-electron chi connectivity index (χ2n) is 6.59. The summed E-state index contributed by atoms with van der Waals surface area (Å²) in [4.78, 5) is 19.4. The number of aryl methyl sites for hydroxylation is 1. The molecule has 3 aromatic rings. The maximum absolute atomic E-state index is 13.3. The SMILES string of the molecule is Cc1nc2cc(C(C)C)c(-c3ccc4c(c3)OC(F)(F)O4)cc2c(=O)[nH]1. The molecule has 0 atom stereocenters. The lowest BCUT2D eigenvalue weighted by molar-refractivity contribution is -0.286. The summed E-state index contributed by atoms with van der Waals surface area (Å²) in [6.07, 6.45) is -3.66. The number of aromatic amines is 1. The third-order valence-corrected chi connectivity index (χ3v) is 4.33. The maximum atomic E-state index is 13.3. The van der Waals surface area contributed by atoms with Gasteiger partial charge in [-0.2, -0.15) is 0 Å². The summed E-state index contributed by atoms with van der Waals surface area (Å²) in [6, 6.07) is 8.23. The number of nitrogens with one attached hydrogen (secondary N) is 1. The summed E-state index contributed by atoms with van der Waals surface area (Å²) < 4.78 is 35.6. The minimum Gasteiger partial charge on any atom is -0.395 e. The molecule has 0 spiro atoms. The van der Waals surface area contributed by atoms with Crippen LogP contribution in [0.25, 0.3) is 22.0 Å². The Labute approximate surface area is 147 Å². The molecule has 5 nitrogen and oxygen atoms in total. The zero-order chi connectivity index (χ0) is 18.6. The predicted octanol–water partition coefficient (Wildman–Crippen LogP) is 4.34. The molecule has 0 amide bonds. The molecule has 134 valence electrons. The van der Waals surface area contributed by atoms with Gasteiger partial charge in [0.05, 0.1) is 10.9 Å². The summed E-state index contributed by atoms with van der Waals surface area (Å²) in [5, 5.41) is 0.443. The third-order valence-electron chi connectivity index (χ3n) is 4.33. The van der Waals surface area contributed by atoms with Crippen LogP contribution in [0.4, 0.5) is 8.78 Å². The highest BCUT2D eigenvalue weighted by molar-refractivity contribution is 5.86. The predicted molar refractivity (Wildman–Crippen MR) is 92.8 cm³/mol. The number of ether oxygens (including phenoxy) is 2. The Bertz CT molecular complexity index is 1090. The second-order valence-corrected chi connectivity index (χ2v) is 6.59. The van der Waals surface area contributed by atoms with E-state index in [0.29, 0.717) is 22.3 Å². The monoisotopic (exact) mass is 358 g/mol. The van der Waals surface area contributed by atoms with Gasteiger partial charge in [0, 0.05) is 0 Å². The molecule has 1 aliphatic rings. The Morgan fingerprint density at radius 2 is 1.85 bits per heavy atom. The number of fused-ring (bicyclic) bond motifs is 2. The number of rotatable bonds is 2. The molecule has 4 rings (SSSR count). The van der Waals surface area contributed by atoms with E-state index >= 15 is 0 Å². The van der Waals surface area contributed by atoms with Crippen molar-refractivity contribution in [3.63, 3.8) is 0 Å². The Hall–Kier alpha value is -2.96. The number of hydrogen-bond acceptors (Lipinski definition) is 4. The van der Waals surface area contributed by atoms with Gasteiger partial charge in [-0.25, -0.2) is 4.98 Å². The lowest BCUT2D eigenvalue weighted by atomic mass is 9.91. The van der Waals surface area contributed by atoms with Crippen LogP contribution in [0.15, 0.2) is 35.1 Å². The molecule has 0 radical (unpaired) electrons. The molecular weight excluding hydrogens is 342 g/mol. The minimum atomic E-state index is -3.66. The normalized spacial score (nSPS) is 15.0. The molecule has 0 unspecified atom stereocenters. The largest absolute Gasteiger partial charge is 0.586 e. The Kier molecular flexibility index (Phi) is 3.50. The summed E-state index contributed by atoms with van der Waals surface area (Å²) >= 11 is 0. The first-order valence-corrected chi connectivity index (χ1v) is 8.18. The molecule has 0 saturated carbocycles. The molecule has 26 heavy (non-hydrogen) atoms. The van der Waals surface area contributed by atoms with Crippen molar-refractivity contribution >= 4 is 10.9 Å². The van der Waals surface area contributed by atoms with Crippen LogP contribution in [-0.4, -0.2) is 16.3 Å². The molecule has 2 aromatic carbocycles. The smallest absolute Gasteiger partial charge is 0.395 e. The Morgan fingerprint density at radius 3 is 2.58 bits per heavy atom. The third kappa shape index (κ3) is 2.69. The molecule has 1 aromatic heterocycles. The van der Waals surface area contributed by atoms with E-state index in [-0.39, 0.29) is 23.0 Å². The highest BCUT2D eigenvalue weighted by Gasteiger charge is 2.43. The van der Waals surface area contributed by atoms with E-state index in [1.807, 2.05) is 19.9 Å². The molecule has 0 bridgehead atoms. The van der Waals surface area contributed by atoms with E-state index < -0.39 is 6.29 Å². The Morgan fingerprint density at radius 1 is 1.12 bits per heavy atom. The van der Waals surface area contributed by atoms with Crippen molar-refractivity contribution in [2.24, 2.45) is 0 Å². The van der Waals surface area contributed by atoms with Gasteiger partial charge in [-0.05, 0) is 53.8 Å². The molecular formula is C19H16F2N2O3. The highest BCUT2D eigenvalue weighted by atomic mass is 19.3. The van der Waals surface area contributed by atoms with Gasteiger partial charge in [0.2, 0.25) is 0 Å². The first-order chi connectivity index (χ1) is 12.2. The summed E-state index contributed by atoms with van der Waals surface area (Å²) in [5.74, 6) is 0.636. The van der Waals surface area contributed by atoms with Gasteiger partial charge in [0.1, 0.15) is 5.82 Å². The standard InChI is InChI=1S/C19H16F2N2O3/c1-9(2)12-8-15-14(18(24)23-10(3)22-15)7-13(12)11-4-5-16-17(6-11)26-19(20,21)25-16/h4-9H,1-3H3,(H,22,23,24). The fourth-order valence-corrected chi connectivity index (χ4v) is 3.16. The van der Waals surface area contributed by atoms with Crippen molar-refractivity contribution in [1.82, 2.24) is 9.97 Å². The van der Waals surface area contributed by atoms with Crippen LogP contribution in [0, 0.1) is 6.92 Å². The number of benzene rings is 2. The average Bonchev–Trinajstić information content (AvgIpc) is 2.86. The van der Waals surface area contributed by atoms with Gasteiger partial charge >= 0.3 is 6.29 Å². The fraction of sp³-hybridized carbons (Fsp3) is 0.263. The van der Waals surface area contributed by atoms with Crippen molar-refractivity contribution in [3.8, 4) is 22.6 Å². The van der Waals surface area contributed by atoms with Crippen LogP contribution >= 0.6 is 0 Å². The zero-order valence-electron chi connectivity index (χ0n) is 14.4. The lowest BCUT2D eigenvalue weighted by Gasteiger charge is -2.15. The summed E-state index contributed by atoms with van der Waals surface area (Å²) in [7, 11) is 0. The van der Waals surface area contributed by atoms with E-state index in [2.05, 4.69) is 19.4 Å². The van der Waals surface area contributed by atoms with E-state index in [0.717, 1.165) is 11.1 Å². The van der Waals surface area contributed by atoms with Crippen LogP contribution in [0.3, 0.4) is 0 Å². The number of aromatic nitrogens is 2. The number of H-pyrrole nitrogens is 1. The van der Waals surface area contributed by atoms with Gasteiger partial charge in [0.25, 0.3) is 5.56 Å². The number of halogens is 2. The quantitative estimate of drug-likeness (QED) is 0.740. The van der Waals surface area contributed by atoms with Crippen molar-refractivity contribution in [3.05, 3.63) is 52.1 Å². The van der Waals surface area contributed by atoms with Crippen LogP contribution < -0.4 is 15.0 Å². The lowest BCUT2D eigenvalue weighted by Crippen LogP contribution is -2.25. The van der Waals surface area contributed by atoms with Crippen molar-refractivity contribution < 1.29 is 18.3 Å².